The van der Waals surface area contributed by atoms with Gasteiger partial charge in [-0.2, -0.15) is 0 Å². The Morgan fingerprint density at radius 1 is 1.45 bits per heavy atom. The summed E-state index contributed by atoms with van der Waals surface area (Å²) in [5.74, 6) is -0.372. The van der Waals surface area contributed by atoms with Gasteiger partial charge >= 0.3 is 0 Å². The molecule has 0 bridgehead atoms. The molecule has 110 valence electrons. The second kappa shape index (κ2) is 5.51. The van der Waals surface area contributed by atoms with Crippen molar-refractivity contribution in [2.24, 2.45) is 11.1 Å². The minimum Gasteiger partial charge on any atom is -0.378 e. The van der Waals surface area contributed by atoms with E-state index in [-0.39, 0.29) is 22.8 Å². The highest BCUT2D eigenvalue weighted by molar-refractivity contribution is 7.89. The molecule has 1 saturated heterocycles. The Morgan fingerprint density at radius 3 is 2.70 bits per heavy atom. The average Bonchev–Trinajstić information content (AvgIpc) is 2.77. The van der Waals surface area contributed by atoms with Crippen molar-refractivity contribution in [3.63, 3.8) is 0 Å². The van der Waals surface area contributed by atoms with E-state index in [9.17, 15) is 13.2 Å². The van der Waals surface area contributed by atoms with E-state index >= 15 is 0 Å². The summed E-state index contributed by atoms with van der Waals surface area (Å²) in [4.78, 5) is 12.1. The Labute approximate surface area is 118 Å². The quantitative estimate of drug-likeness (QED) is 0.870. The third-order valence-electron chi connectivity index (χ3n) is 3.33. The van der Waals surface area contributed by atoms with E-state index in [1.165, 1.54) is 6.07 Å². The molecule has 0 saturated carbocycles. The van der Waals surface area contributed by atoms with Crippen molar-refractivity contribution in [1.29, 1.82) is 0 Å². The molecule has 1 aromatic rings. The molecule has 7 heteroatoms. The number of carbonyl (C=O) groups is 1. The van der Waals surface area contributed by atoms with E-state index in [1.807, 2.05) is 6.92 Å². The molecule has 2 atom stereocenters. The van der Waals surface area contributed by atoms with Gasteiger partial charge in [-0.3, -0.25) is 4.79 Å². The van der Waals surface area contributed by atoms with Crippen LogP contribution < -0.4 is 10.5 Å². The van der Waals surface area contributed by atoms with Crippen molar-refractivity contribution in [2.75, 3.05) is 11.9 Å². The number of anilines is 1. The van der Waals surface area contributed by atoms with Crippen LogP contribution in [0.1, 0.15) is 18.9 Å². The molecule has 0 aromatic heterocycles. The molecule has 2 unspecified atom stereocenters. The first-order chi connectivity index (χ1) is 9.27. The van der Waals surface area contributed by atoms with Crippen molar-refractivity contribution in [3.8, 4) is 0 Å². The third-order valence-corrected chi connectivity index (χ3v) is 4.38. The summed E-state index contributed by atoms with van der Waals surface area (Å²) in [5.41, 5.74) is 0.965. The third kappa shape index (κ3) is 3.36. The van der Waals surface area contributed by atoms with Gasteiger partial charge in [0.2, 0.25) is 15.9 Å². The van der Waals surface area contributed by atoms with E-state index in [0.29, 0.717) is 24.3 Å². The average molecular weight is 298 g/mol. The van der Waals surface area contributed by atoms with Crippen molar-refractivity contribution in [1.82, 2.24) is 0 Å². The molecular formula is C13H18N2O4S. The lowest BCUT2D eigenvalue weighted by atomic mass is 10.1. The number of aryl methyl sites for hydroxylation is 1. The van der Waals surface area contributed by atoms with E-state index in [2.05, 4.69) is 5.32 Å². The van der Waals surface area contributed by atoms with Gasteiger partial charge in [0.15, 0.2) is 0 Å². The maximum atomic E-state index is 12.0. The molecule has 2 rings (SSSR count). The lowest BCUT2D eigenvalue weighted by Gasteiger charge is -2.11. The van der Waals surface area contributed by atoms with Crippen LogP contribution in [0.15, 0.2) is 23.1 Å². The smallest absolute Gasteiger partial charge is 0.238 e. The van der Waals surface area contributed by atoms with Crippen LogP contribution in [0.3, 0.4) is 0 Å². The Morgan fingerprint density at radius 2 is 2.15 bits per heavy atom. The normalized spacial score (nSPS) is 22.8. The lowest BCUT2D eigenvalue weighted by molar-refractivity contribution is -0.119. The number of hydrogen-bond donors (Lipinski definition) is 2. The number of hydrogen-bond acceptors (Lipinski definition) is 4. The monoisotopic (exact) mass is 298 g/mol. The largest absolute Gasteiger partial charge is 0.378 e. The second-order valence-electron chi connectivity index (χ2n) is 5.09. The molecule has 1 aliphatic rings. The molecule has 1 aliphatic heterocycles. The fraction of sp³-hybridized carbons (Fsp3) is 0.462. The predicted octanol–water partition coefficient (Wildman–Crippen LogP) is 1.01. The van der Waals surface area contributed by atoms with Crippen molar-refractivity contribution < 1.29 is 17.9 Å². The molecule has 0 aliphatic carbocycles. The standard InChI is InChI=1S/C13H18N2O4S/c1-8-3-4-11(6-12(8)20(14,17)18)15-13(16)10-5-9(2)19-7-10/h3-4,6,9-10H,5,7H2,1-2H3,(H,15,16)(H2,14,17,18). The van der Waals surface area contributed by atoms with Crippen LogP contribution in [0, 0.1) is 12.8 Å². The van der Waals surface area contributed by atoms with Crippen LogP contribution in [0.5, 0.6) is 0 Å². The molecular weight excluding hydrogens is 280 g/mol. The minimum absolute atomic E-state index is 0.0198. The number of carbonyl (C=O) groups excluding carboxylic acids is 1. The van der Waals surface area contributed by atoms with E-state index in [0.717, 1.165) is 0 Å². The van der Waals surface area contributed by atoms with Gasteiger partial charge in [0.05, 0.1) is 23.5 Å². The Bertz CT molecular complexity index is 627. The molecule has 1 heterocycles. The van der Waals surface area contributed by atoms with Crippen LogP contribution in [-0.2, 0) is 19.6 Å². The molecule has 20 heavy (non-hydrogen) atoms. The van der Waals surface area contributed by atoms with Crippen molar-refractivity contribution in [3.05, 3.63) is 23.8 Å². The predicted molar refractivity (Wildman–Crippen MR) is 74.7 cm³/mol. The SMILES string of the molecule is Cc1ccc(NC(=O)C2COC(C)C2)cc1S(N)(=O)=O. The topological polar surface area (TPSA) is 98.5 Å². The molecule has 3 N–H and O–H groups in total. The number of benzene rings is 1. The van der Waals surface area contributed by atoms with Gasteiger partial charge in [0.1, 0.15) is 0 Å². The summed E-state index contributed by atoms with van der Waals surface area (Å²) < 4.78 is 28.2. The fourth-order valence-electron chi connectivity index (χ4n) is 2.23. The highest BCUT2D eigenvalue weighted by atomic mass is 32.2. The molecule has 6 nitrogen and oxygen atoms in total. The summed E-state index contributed by atoms with van der Waals surface area (Å²) >= 11 is 0. The van der Waals surface area contributed by atoms with Crippen LogP contribution in [-0.4, -0.2) is 27.0 Å². The number of amides is 1. The number of ether oxygens (including phenoxy) is 1. The van der Waals surface area contributed by atoms with E-state index in [4.69, 9.17) is 9.88 Å². The van der Waals surface area contributed by atoms with Gasteiger partial charge < -0.3 is 10.1 Å². The van der Waals surface area contributed by atoms with E-state index in [1.54, 1.807) is 19.1 Å². The molecule has 0 radical (unpaired) electrons. The Hall–Kier alpha value is -1.44. The number of sulfonamides is 1. The van der Waals surface area contributed by atoms with Crippen molar-refractivity contribution in [2.45, 2.75) is 31.3 Å². The van der Waals surface area contributed by atoms with Gasteiger partial charge in [-0.1, -0.05) is 6.07 Å². The van der Waals surface area contributed by atoms with Crippen LogP contribution in [0.4, 0.5) is 5.69 Å². The first kappa shape index (κ1) is 15.0. The zero-order chi connectivity index (χ0) is 14.9. The Balaban J connectivity index is 2.16. The first-order valence-corrected chi connectivity index (χ1v) is 7.88. The van der Waals surface area contributed by atoms with Gasteiger partial charge in [-0.05, 0) is 38.0 Å². The van der Waals surface area contributed by atoms with Gasteiger partial charge in [-0.25, -0.2) is 13.6 Å². The van der Waals surface area contributed by atoms with Gasteiger partial charge in [-0.15, -0.1) is 0 Å². The van der Waals surface area contributed by atoms with Crippen LogP contribution in [0.25, 0.3) is 0 Å². The maximum absolute atomic E-state index is 12.0. The maximum Gasteiger partial charge on any atom is 0.238 e. The summed E-state index contributed by atoms with van der Waals surface area (Å²) in [6.07, 6.45) is 0.739. The number of nitrogens with one attached hydrogen (secondary N) is 1. The summed E-state index contributed by atoms with van der Waals surface area (Å²) in [5, 5.41) is 7.84. The second-order valence-corrected chi connectivity index (χ2v) is 6.62. The minimum atomic E-state index is -3.80. The molecule has 1 aromatic carbocycles. The zero-order valence-electron chi connectivity index (χ0n) is 11.4. The van der Waals surface area contributed by atoms with Gasteiger partial charge in [0.25, 0.3) is 0 Å². The number of primary sulfonamides is 1. The van der Waals surface area contributed by atoms with Crippen LogP contribution in [0.2, 0.25) is 0 Å². The number of nitrogens with two attached hydrogens (primary N) is 1. The van der Waals surface area contributed by atoms with Gasteiger partial charge in [0, 0.05) is 5.69 Å². The molecule has 0 spiro atoms. The summed E-state index contributed by atoms with van der Waals surface area (Å²) in [6.45, 7) is 3.96. The summed E-state index contributed by atoms with van der Waals surface area (Å²) in [6, 6.07) is 4.64. The molecule has 1 fully saturated rings. The first-order valence-electron chi connectivity index (χ1n) is 6.33. The molecule has 1 amide bonds. The number of rotatable bonds is 3. The zero-order valence-corrected chi connectivity index (χ0v) is 12.2. The highest BCUT2D eigenvalue weighted by Gasteiger charge is 2.28. The summed E-state index contributed by atoms with van der Waals surface area (Å²) in [7, 11) is -3.80. The van der Waals surface area contributed by atoms with E-state index < -0.39 is 10.0 Å². The highest BCUT2D eigenvalue weighted by Crippen LogP contribution is 2.23. The lowest BCUT2D eigenvalue weighted by Crippen LogP contribution is -2.23. The fourth-order valence-corrected chi connectivity index (χ4v) is 3.04. The van der Waals surface area contributed by atoms with Crippen LogP contribution >= 0.6 is 0 Å². The van der Waals surface area contributed by atoms with Crippen molar-refractivity contribution >= 4 is 21.6 Å². The Kier molecular flexibility index (Phi) is 4.12.